The summed E-state index contributed by atoms with van der Waals surface area (Å²) in [5, 5.41) is 1.57. The first kappa shape index (κ1) is 12.3. The lowest BCUT2D eigenvalue weighted by atomic mass is 10.1. The smallest absolute Gasteiger partial charge is 0.194 e. The molecule has 0 radical (unpaired) electrons. The number of hydrogen-bond donors (Lipinski definition) is 0. The third-order valence-corrected chi connectivity index (χ3v) is 4.42. The van der Waals surface area contributed by atoms with E-state index in [0.717, 1.165) is 20.8 Å². The Morgan fingerprint density at radius 3 is 2.71 bits per heavy atom. The molecule has 0 aliphatic rings. The van der Waals surface area contributed by atoms with Crippen LogP contribution in [0.5, 0.6) is 0 Å². The van der Waals surface area contributed by atoms with Gasteiger partial charge in [0.05, 0.1) is 20.6 Å². The highest BCUT2D eigenvalue weighted by Crippen LogP contribution is 2.30. The fraction of sp³-hybridized carbons (Fsp3) is 0.0588. The van der Waals surface area contributed by atoms with E-state index in [9.17, 15) is 4.79 Å². The highest BCUT2D eigenvalue weighted by atomic mass is 32.1. The van der Waals surface area contributed by atoms with Crippen LogP contribution in [0.4, 0.5) is 0 Å². The molecule has 0 spiro atoms. The van der Waals surface area contributed by atoms with Gasteiger partial charge in [0.2, 0.25) is 0 Å². The third-order valence-electron chi connectivity index (χ3n) is 3.41. The molecule has 3 nitrogen and oxygen atoms in total. The van der Waals surface area contributed by atoms with E-state index in [0.29, 0.717) is 16.7 Å². The number of aryl methyl sites for hydroxylation is 1. The van der Waals surface area contributed by atoms with Crippen LogP contribution in [0.3, 0.4) is 0 Å². The Labute approximate surface area is 124 Å². The molecule has 2 heterocycles. The van der Waals surface area contributed by atoms with E-state index in [1.807, 2.05) is 49.4 Å². The summed E-state index contributed by atoms with van der Waals surface area (Å²) in [6, 6.07) is 14.9. The molecule has 0 N–H and O–H groups in total. The predicted molar refractivity (Wildman–Crippen MR) is 85.8 cm³/mol. The molecular formula is C17H11NO2S. The molecule has 0 unspecified atom stereocenters. The van der Waals surface area contributed by atoms with Crippen LogP contribution in [-0.4, -0.2) is 4.98 Å². The molecule has 2 aromatic carbocycles. The van der Waals surface area contributed by atoms with Gasteiger partial charge in [0.15, 0.2) is 5.43 Å². The number of nitrogens with zero attached hydrogens (tertiary/aromatic N) is 1. The standard InChI is InChI=1S/C17H11NO2S/c1-10-18-12-7-8-14-16(17(12)21-10)13(19)9-15(20-14)11-5-3-2-4-6-11/h2-9H,1H3. The van der Waals surface area contributed by atoms with Crippen LogP contribution >= 0.6 is 11.3 Å². The predicted octanol–water partition coefficient (Wildman–Crippen LogP) is 4.38. The first-order valence-electron chi connectivity index (χ1n) is 6.62. The molecule has 4 heteroatoms. The van der Waals surface area contributed by atoms with Gasteiger partial charge < -0.3 is 4.42 Å². The highest BCUT2D eigenvalue weighted by molar-refractivity contribution is 7.19. The fourth-order valence-corrected chi connectivity index (χ4v) is 3.45. The number of fused-ring (bicyclic) bond motifs is 3. The normalized spacial score (nSPS) is 11.3. The number of aromatic nitrogens is 1. The van der Waals surface area contributed by atoms with E-state index in [2.05, 4.69) is 4.98 Å². The van der Waals surface area contributed by atoms with Crippen molar-refractivity contribution >= 4 is 32.5 Å². The Hall–Kier alpha value is -2.46. The topological polar surface area (TPSA) is 43.1 Å². The number of thiazole rings is 1. The van der Waals surface area contributed by atoms with Gasteiger partial charge in [0, 0.05) is 11.6 Å². The van der Waals surface area contributed by atoms with Gasteiger partial charge in [0.25, 0.3) is 0 Å². The Balaban J connectivity index is 2.08. The van der Waals surface area contributed by atoms with E-state index >= 15 is 0 Å². The lowest BCUT2D eigenvalue weighted by molar-refractivity contribution is 0.619. The zero-order chi connectivity index (χ0) is 14.4. The van der Waals surface area contributed by atoms with Crippen molar-refractivity contribution in [3.63, 3.8) is 0 Å². The average Bonchev–Trinajstić information content (AvgIpc) is 2.88. The fourth-order valence-electron chi connectivity index (χ4n) is 2.49. The van der Waals surface area contributed by atoms with Gasteiger partial charge in [-0.25, -0.2) is 4.98 Å². The van der Waals surface area contributed by atoms with Crippen LogP contribution in [0, 0.1) is 6.92 Å². The van der Waals surface area contributed by atoms with Gasteiger partial charge >= 0.3 is 0 Å². The quantitative estimate of drug-likeness (QED) is 0.523. The highest BCUT2D eigenvalue weighted by Gasteiger charge is 2.12. The summed E-state index contributed by atoms with van der Waals surface area (Å²) in [5.74, 6) is 0.591. The Morgan fingerprint density at radius 1 is 1.10 bits per heavy atom. The van der Waals surface area contributed by atoms with Crippen LogP contribution in [0.1, 0.15) is 5.01 Å². The molecule has 0 saturated heterocycles. The first-order valence-corrected chi connectivity index (χ1v) is 7.43. The maximum Gasteiger partial charge on any atom is 0.194 e. The Morgan fingerprint density at radius 2 is 1.90 bits per heavy atom. The van der Waals surface area contributed by atoms with Crippen molar-refractivity contribution in [1.82, 2.24) is 4.98 Å². The lowest BCUT2D eigenvalue weighted by Gasteiger charge is -2.03. The average molecular weight is 293 g/mol. The van der Waals surface area contributed by atoms with E-state index in [4.69, 9.17) is 4.42 Å². The van der Waals surface area contributed by atoms with Gasteiger partial charge in [-0.1, -0.05) is 30.3 Å². The summed E-state index contributed by atoms with van der Waals surface area (Å²) < 4.78 is 6.83. The van der Waals surface area contributed by atoms with E-state index in [1.54, 1.807) is 6.07 Å². The monoisotopic (exact) mass is 293 g/mol. The molecule has 0 saturated carbocycles. The number of benzene rings is 2. The molecule has 0 fully saturated rings. The molecule has 0 aliphatic carbocycles. The van der Waals surface area contributed by atoms with Gasteiger partial charge in [-0.05, 0) is 19.1 Å². The summed E-state index contributed by atoms with van der Waals surface area (Å²) in [7, 11) is 0. The van der Waals surface area contributed by atoms with Crippen molar-refractivity contribution in [2.75, 3.05) is 0 Å². The van der Waals surface area contributed by atoms with Crippen LogP contribution in [0.25, 0.3) is 32.5 Å². The second kappa shape index (κ2) is 4.53. The molecule has 0 amide bonds. The summed E-state index contributed by atoms with van der Waals surface area (Å²) in [4.78, 5) is 16.9. The minimum Gasteiger partial charge on any atom is -0.456 e. The molecule has 21 heavy (non-hydrogen) atoms. The Kier molecular flexibility index (Phi) is 2.65. The van der Waals surface area contributed by atoms with E-state index in [-0.39, 0.29) is 5.43 Å². The van der Waals surface area contributed by atoms with Crippen molar-refractivity contribution in [3.05, 3.63) is 63.8 Å². The van der Waals surface area contributed by atoms with Crippen LogP contribution in [-0.2, 0) is 0 Å². The van der Waals surface area contributed by atoms with Crippen molar-refractivity contribution in [1.29, 1.82) is 0 Å². The molecule has 102 valence electrons. The summed E-state index contributed by atoms with van der Waals surface area (Å²) >= 11 is 1.53. The van der Waals surface area contributed by atoms with Crippen molar-refractivity contribution in [2.24, 2.45) is 0 Å². The number of rotatable bonds is 1. The molecular weight excluding hydrogens is 282 g/mol. The largest absolute Gasteiger partial charge is 0.456 e. The van der Waals surface area contributed by atoms with Crippen molar-refractivity contribution in [3.8, 4) is 11.3 Å². The lowest BCUT2D eigenvalue weighted by Crippen LogP contribution is -2.00. The zero-order valence-corrected chi connectivity index (χ0v) is 12.1. The summed E-state index contributed by atoms with van der Waals surface area (Å²) in [6.07, 6.45) is 0. The maximum atomic E-state index is 12.5. The van der Waals surface area contributed by atoms with Crippen LogP contribution < -0.4 is 5.43 Å². The second-order valence-electron chi connectivity index (χ2n) is 4.86. The van der Waals surface area contributed by atoms with E-state index < -0.39 is 0 Å². The van der Waals surface area contributed by atoms with Gasteiger partial charge in [0.1, 0.15) is 11.3 Å². The van der Waals surface area contributed by atoms with Crippen molar-refractivity contribution in [2.45, 2.75) is 6.92 Å². The maximum absolute atomic E-state index is 12.5. The van der Waals surface area contributed by atoms with Crippen LogP contribution in [0.15, 0.2) is 57.7 Å². The molecule has 4 aromatic rings. The molecule has 0 aliphatic heterocycles. The molecule has 2 aromatic heterocycles. The minimum atomic E-state index is -0.0237. The Bertz CT molecular complexity index is 1020. The molecule has 0 atom stereocenters. The van der Waals surface area contributed by atoms with Gasteiger partial charge in [-0.15, -0.1) is 11.3 Å². The first-order chi connectivity index (χ1) is 10.2. The molecule has 0 bridgehead atoms. The number of hydrogen-bond acceptors (Lipinski definition) is 4. The van der Waals surface area contributed by atoms with Gasteiger partial charge in [-0.2, -0.15) is 0 Å². The summed E-state index contributed by atoms with van der Waals surface area (Å²) in [5.41, 5.74) is 2.34. The SMILES string of the molecule is Cc1nc2ccc3oc(-c4ccccc4)cc(=O)c3c2s1. The minimum absolute atomic E-state index is 0.0237. The van der Waals surface area contributed by atoms with Gasteiger partial charge in [-0.3, -0.25) is 4.79 Å². The van der Waals surface area contributed by atoms with Crippen LogP contribution in [0.2, 0.25) is 0 Å². The third kappa shape index (κ3) is 1.96. The van der Waals surface area contributed by atoms with E-state index in [1.165, 1.54) is 11.3 Å². The molecule has 4 rings (SSSR count). The summed E-state index contributed by atoms with van der Waals surface area (Å²) in [6.45, 7) is 1.94. The zero-order valence-electron chi connectivity index (χ0n) is 11.3. The van der Waals surface area contributed by atoms with Crippen molar-refractivity contribution < 1.29 is 4.42 Å². The second-order valence-corrected chi connectivity index (χ2v) is 6.06.